The molecule has 10 nitrogen and oxygen atoms in total. The van der Waals surface area contributed by atoms with Crippen LogP contribution in [-0.2, 0) is 11.3 Å². The lowest BCUT2D eigenvalue weighted by Gasteiger charge is -2.22. The van der Waals surface area contributed by atoms with Gasteiger partial charge >= 0.3 is 0 Å². The fourth-order valence-corrected chi connectivity index (χ4v) is 3.00. The fraction of sp³-hybridized carbons (Fsp3) is 0.562. The molecule has 0 spiro atoms. The molecule has 0 bridgehead atoms. The van der Waals surface area contributed by atoms with Gasteiger partial charge in [-0.1, -0.05) is 5.21 Å². The van der Waals surface area contributed by atoms with Crippen LogP contribution in [0.25, 0.3) is 0 Å². The van der Waals surface area contributed by atoms with Gasteiger partial charge in [-0.2, -0.15) is 0 Å². The lowest BCUT2D eigenvalue weighted by molar-refractivity contribution is 0.0113. The molecule has 0 radical (unpaired) electrons. The van der Waals surface area contributed by atoms with Crippen molar-refractivity contribution in [3.8, 4) is 0 Å². The van der Waals surface area contributed by atoms with Gasteiger partial charge in [-0.15, -0.1) is 5.10 Å². The van der Waals surface area contributed by atoms with Gasteiger partial charge in [0.05, 0.1) is 37.6 Å². The molecular formula is C16H20F2N6O4. The van der Waals surface area contributed by atoms with E-state index in [1.165, 1.54) is 18.0 Å². The summed E-state index contributed by atoms with van der Waals surface area (Å²) < 4.78 is 39.1. The number of rotatable bonds is 7. The van der Waals surface area contributed by atoms with E-state index in [9.17, 15) is 18.4 Å². The Kier molecular flexibility index (Phi) is 5.68. The molecule has 1 saturated heterocycles. The topological polar surface area (TPSA) is 115 Å². The number of ether oxygens (including phenoxy) is 1. The number of aromatic nitrogens is 4. The van der Waals surface area contributed by atoms with Crippen LogP contribution in [0, 0.1) is 6.92 Å². The second-order valence-electron chi connectivity index (χ2n) is 6.49. The number of likely N-dealkylation sites (tertiary alicyclic amines) is 1. The summed E-state index contributed by atoms with van der Waals surface area (Å²) in [5, 5.41) is 10.1. The zero-order valence-electron chi connectivity index (χ0n) is 15.4. The van der Waals surface area contributed by atoms with Gasteiger partial charge in [-0.05, 0) is 6.92 Å². The van der Waals surface area contributed by atoms with E-state index in [4.69, 9.17) is 9.15 Å². The summed E-state index contributed by atoms with van der Waals surface area (Å²) in [7, 11) is 1.51. The molecule has 0 unspecified atom stereocenters. The number of aryl methyl sites for hydroxylation is 1. The Morgan fingerprint density at radius 1 is 1.46 bits per heavy atom. The molecule has 0 aromatic carbocycles. The van der Waals surface area contributed by atoms with Gasteiger partial charge in [0.25, 0.3) is 17.7 Å². The van der Waals surface area contributed by atoms with E-state index in [-0.39, 0.29) is 18.0 Å². The predicted octanol–water partition coefficient (Wildman–Crippen LogP) is 0.501. The number of hydrogen-bond acceptors (Lipinski definition) is 7. The van der Waals surface area contributed by atoms with Crippen LogP contribution < -0.4 is 5.32 Å². The summed E-state index contributed by atoms with van der Waals surface area (Å²) in [6.45, 7) is 1.44. The highest BCUT2D eigenvalue weighted by Gasteiger charge is 2.48. The zero-order valence-corrected chi connectivity index (χ0v) is 15.4. The van der Waals surface area contributed by atoms with Gasteiger partial charge in [0.2, 0.25) is 5.76 Å². The molecular weight excluding hydrogens is 378 g/mol. The van der Waals surface area contributed by atoms with E-state index < -0.39 is 36.7 Å². The summed E-state index contributed by atoms with van der Waals surface area (Å²) in [5.41, 5.74) is 0.375. The van der Waals surface area contributed by atoms with Crippen LogP contribution in [0.15, 0.2) is 17.0 Å². The number of hydrogen-bond donors (Lipinski definition) is 1. The first-order valence-electron chi connectivity index (χ1n) is 8.57. The lowest BCUT2D eigenvalue weighted by Crippen LogP contribution is -2.39. The van der Waals surface area contributed by atoms with Crippen molar-refractivity contribution in [3.63, 3.8) is 0 Å². The summed E-state index contributed by atoms with van der Waals surface area (Å²) in [5.74, 6) is -4.21. The van der Waals surface area contributed by atoms with Gasteiger partial charge in [-0.3, -0.25) is 9.59 Å². The molecule has 1 aliphatic rings. The van der Waals surface area contributed by atoms with Crippen LogP contribution in [0.1, 0.15) is 33.2 Å². The smallest absolute Gasteiger partial charge is 0.292 e. The highest BCUT2D eigenvalue weighted by Crippen LogP contribution is 2.34. The van der Waals surface area contributed by atoms with Crippen molar-refractivity contribution in [2.45, 2.75) is 31.9 Å². The van der Waals surface area contributed by atoms with Crippen molar-refractivity contribution >= 4 is 11.8 Å². The molecule has 3 heterocycles. The van der Waals surface area contributed by atoms with Gasteiger partial charge in [0.1, 0.15) is 0 Å². The Morgan fingerprint density at radius 2 is 2.25 bits per heavy atom. The number of carbonyl (C=O) groups excluding carboxylic acids is 2. The Morgan fingerprint density at radius 3 is 2.93 bits per heavy atom. The fourth-order valence-electron chi connectivity index (χ4n) is 3.00. The number of alkyl halides is 2. The second-order valence-corrected chi connectivity index (χ2v) is 6.49. The van der Waals surface area contributed by atoms with Crippen LogP contribution in [0.5, 0.6) is 0 Å². The first-order valence-corrected chi connectivity index (χ1v) is 8.57. The van der Waals surface area contributed by atoms with Crippen molar-refractivity contribution < 1.29 is 27.5 Å². The van der Waals surface area contributed by atoms with Crippen molar-refractivity contribution in [2.24, 2.45) is 0 Å². The van der Waals surface area contributed by atoms with Gasteiger partial charge < -0.3 is 19.4 Å². The van der Waals surface area contributed by atoms with E-state index in [1.807, 2.05) is 0 Å². The van der Waals surface area contributed by atoms with Crippen molar-refractivity contribution in [2.75, 3.05) is 26.8 Å². The largest absolute Gasteiger partial charge is 0.438 e. The van der Waals surface area contributed by atoms with E-state index in [0.717, 1.165) is 11.3 Å². The molecule has 2 aromatic rings. The number of oxazole rings is 1. The van der Waals surface area contributed by atoms with E-state index in [0.29, 0.717) is 18.8 Å². The average molecular weight is 398 g/mol. The third kappa shape index (κ3) is 4.32. The number of carbonyl (C=O) groups is 2. The van der Waals surface area contributed by atoms with Crippen molar-refractivity contribution in [1.29, 1.82) is 0 Å². The molecule has 28 heavy (non-hydrogen) atoms. The SMILES string of the molecule is COCCNC(=O)c1cn(C[C@@H]2CC(F)(F)CN2C(=O)c2ocnc2C)nn1. The number of methoxy groups -OCH3 is 1. The average Bonchev–Trinajstić information content (AvgIpc) is 3.34. The first kappa shape index (κ1) is 19.9. The molecule has 12 heteroatoms. The second kappa shape index (κ2) is 8.00. The van der Waals surface area contributed by atoms with Gasteiger partial charge in [0, 0.05) is 20.1 Å². The van der Waals surface area contributed by atoms with E-state index in [1.54, 1.807) is 6.92 Å². The summed E-state index contributed by atoms with van der Waals surface area (Å²) in [6.07, 6.45) is 1.92. The highest BCUT2D eigenvalue weighted by atomic mass is 19.3. The molecule has 3 rings (SSSR count). The normalized spacial score (nSPS) is 18.4. The number of halogens is 2. The maximum atomic E-state index is 14.0. The molecule has 2 amide bonds. The quantitative estimate of drug-likeness (QED) is 0.675. The third-order valence-electron chi connectivity index (χ3n) is 4.34. The molecule has 0 aliphatic carbocycles. The van der Waals surface area contributed by atoms with Crippen LogP contribution in [0.4, 0.5) is 8.78 Å². The Bertz CT molecular complexity index is 852. The molecule has 0 saturated carbocycles. The molecule has 152 valence electrons. The Labute approximate surface area is 158 Å². The Balaban J connectivity index is 1.70. The van der Waals surface area contributed by atoms with Crippen molar-refractivity contribution in [1.82, 2.24) is 30.2 Å². The van der Waals surface area contributed by atoms with Gasteiger partial charge in [0.15, 0.2) is 12.1 Å². The molecule has 2 aromatic heterocycles. The minimum absolute atomic E-state index is 0.0349. The number of nitrogens with zero attached hydrogens (tertiary/aromatic N) is 5. The summed E-state index contributed by atoms with van der Waals surface area (Å²) >= 11 is 0. The van der Waals surface area contributed by atoms with Crippen LogP contribution in [0.2, 0.25) is 0 Å². The maximum Gasteiger partial charge on any atom is 0.292 e. The lowest BCUT2D eigenvalue weighted by atomic mass is 10.2. The monoisotopic (exact) mass is 398 g/mol. The minimum atomic E-state index is -3.03. The molecule has 1 fully saturated rings. The van der Waals surface area contributed by atoms with Crippen LogP contribution in [0.3, 0.4) is 0 Å². The molecule has 1 N–H and O–H groups in total. The minimum Gasteiger partial charge on any atom is -0.438 e. The number of amides is 2. The highest BCUT2D eigenvalue weighted by molar-refractivity contribution is 5.93. The zero-order chi connectivity index (χ0) is 20.3. The van der Waals surface area contributed by atoms with Crippen LogP contribution >= 0.6 is 0 Å². The molecule has 1 atom stereocenters. The van der Waals surface area contributed by atoms with E-state index in [2.05, 4.69) is 20.6 Å². The predicted molar refractivity (Wildman–Crippen MR) is 89.9 cm³/mol. The van der Waals surface area contributed by atoms with Crippen LogP contribution in [-0.4, -0.2) is 75.5 Å². The third-order valence-corrected chi connectivity index (χ3v) is 4.34. The standard InChI is InChI=1S/C16H20F2N6O4/c1-10-13(28-9-20-10)15(26)24-8-16(17,18)5-11(24)6-23-7-12(21-22-23)14(25)19-3-4-27-2/h7,9,11H,3-6,8H2,1-2H3,(H,19,25)/t11-/m0/s1. The van der Waals surface area contributed by atoms with Gasteiger partial charge in [-0.25, -0.2) is 18.4 Å². The summed E-state index contributed by atoms with van der Waals surface area (Å²) in [4.78, 5) is 29.4. The Hall–Kier alpha value is -2.89. The van der Waals surface area contributed by atoms with Crippen molar-refractivity contribution in [3.05, 3.63) is 29.7 Å². The first-order chi connectivity index (χ1) is 13.3. The maximum absolute atomic E-state index is 14.0. The van der Waals surface area contributed by atoms with E-state index >= 15 is 0 Å². The number of nitrogens with one attached hydrogen (secondary N) is 1. The summed E-state index contributed by atoms with van der Waals surface area (Å²) in [6, 6.07) is -0.835. The molecule has 1 aliphatic heterocycles.